The number of Topliss-reactive ketones (excluding diaryl/α,β-unsaturated/α-hetero) is 1. The summed E-state index contributed by atoms with van der Waals surface area (Å²) in [5, 5.41) is 3.55. The second-order valence-electron chi connectivity index (χ2n) is 6.57. The first-order valence-electron chi connectivity index (χ1n) is 8.79. The van der Waals surface area contributed by atoms with Crippen molar-refractivity contribution in [3.63, 3.8) is 0 Å². The normalized spacial score (nSPS) is 18.6. The van der Waals surface area contributed by atoms with Gasteiger partial charge in [-0.05, 0) is 38.8 Å². The van der Waals surface area contributed by atoms with E-state index in [1.165, 1.54) is 19.3 Å². The summed E-state index contributed by atoms with van der Waals surface area (Å²) in [6.07, 6.45) is 6.31. The van der Waals surface area contributed by atoms with Crippen LogP contribution in [0.3, 0.4) is 0 Å². The molecule has 2 aromatic rings. The van der Waals surface area contributed by atoms with Gasteiger partial charge in [0.05, 0.1) is 5.56 Å². The number of nitrogens with one attached hydrogen (secondary N) is 2. The SMILES string of the molecule is C[C@@H]1CCCCN1CCCNC(=O)C(=O)c1c[nH]c2ccccc12. The number of amides is 1. The van der Waals surface area contributed by atoms with Crippen molar-refractivity contribution in [2.75, 3.05) is 19.6 Å². The van der Waals surface area contributed by atoms with Gasteiger partial charge in [0.1, 0.15) is 0 Å². The van der Waals surface area contributed by atoms with Crippen molar-refractivity contribution in [1.29, 1.82) is 0 Å². The molecule has 3 rings (SSSR count). The van der Waals surface area contributed by atoms with E-state index in [2.05, 4.69) is 22.1 Å². The number of benzene rings is 1. The fourth-order valence-corrected chi connectivity index (χ4v) is 3.44. The van der Waals surface area contributed by atoms with Crippen LogP contribution in [-0.2, 0) is 4.79 Å². The molecular formula is C19H25N3O2. The zero-order valence-corrected chi connectivity index (χ0v) is 14.2. The molecule has 1 aliphatic heterocycles. The molecule has 1 atom stereocenters. The predicted octanol–water partition coefficient (Wildman–Crippen LogP) is 2.73. The molecule has 2 N–H and O–H groups in total. The molecule has 0 radical (unpaired) electrons. The Morgan fingerprint density at radius 2 is 2.12 bits per heavy atom. The third-order valence-electron chi connectivity index (χ3n) is 4.89. The Labute approximate surface area is 142 Å². The number of likely N-dealkylation sites (tertiary alicyclic amines) is 1. The average Bonchev–Trinajstić information content (AvgIpc) is 3.03. The molecule has 24 heavy (non-hydrogen) atoms. The zero-order chi connectivity index (χ0) is 16.9. The van der Waals surface area contributed by atoms with Gasteiger partial charge in [-0.1, -0.05) is 24.6 Å². The van der Waals surface area contributed by atoms with Crippen molar-refractivity contribution >= 4 is 22.6 Å². The number of hydrogen-bond donors (Lipinski definition) is 2. The number of ketones is 1. The van der Waals surface area contributed by atoms with Gasteiger partial charge in [0.15, 0.2) is 0 Å². The minimum Gasteiger partial charge on any atom is -0.360 e. The fourth-order valence-electron chi connectivity index (χ4n) is 3.44. The Hall–Kier alpha value is -2.14. The van der Waals surface area contributed by atoms with Crippen molar-refractivity contribution in [2.24, 2.45) is 0 Å². The van der Waals surface area contributed by atoms with Gasteiger partial charge in [0.25, 0.3) is 11.7 Å². The van der Waals surface area contributed by atoms with E-state index in [1.54, 1.807) is 6.20 Å². The fraction of sp³-hybridized carbons (Fsp3) is 0.474. The molecule has 1 amide bonds. The number of piperidine rings is 1. The van der Waals surface area contributed by atoms with Gasteiger partial charge in [-0.3, -0.25) is 9.59 Å². The largest absolute Gasteiger partial charge is 0.360 e. The van der Waals surface area contributed by atoms with Crippen LogP contribution in [0.4, 0.5) is 0 Å². The second-order valence-corrected chi connectivity index (χ2v) is 6.57. The van der Waals surface area contributed by atoms with Gasteiger partial charge in [0.2, 0.25) is 0 Å². The van der Waals surface area contributed by atoms with Crippen LogP contribution < -0.4 is 5.32 Å². The van der Waals surface area contributed by atoms with E-state index in [0.29, 0.717) is 18.2 Å². The number of hydrogen-bond acceptors (Lipinski definition) is 3. The summed E-state index contributed by atoms with van der Waals surface area (Å²) in [6, 6.07) is 8.13. The average molecular weight is 327 g/mol. The molecule has 5 nitrogen and oxygen atoms in total. The highest BCUT2D eigenvalue weighted by atomic mass is 16.2. The van der Waals surface area contributed by atoms with Gasteiger partial charge in [-0.2, -0.15) is 0 Å². The standard InChI is InChI=1S/C19H25N3O2/c1-14-7-4-5-11-22(14)12-6-10-20-19(24)18(23)16-13-21-17-9-3-2-8-15(16)17/h2-3,8-9,13-14,21H,4-7,10-12H2,1H3,(H,20,24)/t14-/m1/s1. The molecule has 0 bridgehead atoms. The molecule has 1 aromatic carbocycles. The Bertz CT molecular complexity index is 722. The topological polar surface area (TPSA) is 65.2 Å². The number of rotatable bonds is 6. The summed E-state index contributed by atoms with van der Waals surface area (Å²) in [5.74, 6) is -0.995. The molecule has 128 valence electrons. The van der Waals surface area contributed by atoms with Crippen molar-refractivity contribution in [3.05, 3.63) is 36.0 Å². The lowest BCUT2D eigenvalue weighted by molar-refractivity contribution is -0.117. The lowest BCUT2D eigenvalue weighted by atomic mass is 10.0. The number of nitrogens with zero attached hydrogens (tertiary/aromatic N) is 1. The maximum absolute atomic E-state index is 12.3. The van der Waals surface area contributed by atoms with Crippen molar-refractivity contribution in [2.45, 2.75) is 38.6 Å². The Balaban J connectivity index is 1.49. The van der Waals surface area contributed by atoms with E-state index in [4.69, 9.17) is 0 Å². The quantitative estimate of drug-likeness (QED) is 0.487. The first-order chi connectivity index (χ1) is 11.7. The van der Waals surface area contributed by atoms with Crippen LogP contribution >= 0.6 is 0 Å². The number of aromatic amines is 1. The van der Waals surface area contributed by atoms with Gasteiger partial charge in [0, 0.05) is 36.2 Å². The summed E-state index contributed by atoms with van der Waals surface area (Å²) in [6.45, 7) is 4.92. The summed E-state index contributed by atoms with van der Waals surface area (Å²) in [7, 11) is 0. The lowest BCUT2D eigenvalue weighted by Crippen LogP contribution is -2.39. The van der Waals surface area contributed by atoms with Gasteiger partial charge >= 0.3 is 0 Å². The second kappa shape index (κ2) is 7.62. The molecule has 1 saturated heterocycles. The highest BCUT2D eigenvalue weighted by Gasteiger charge is 2.20. The van der Waals surface area contributed by atoms with Gasteiger partial charge in [-0.15, -0.1) is 0 Å². The van der Waals surface area contributed by atoms with Crippen LogP contribution in [0.25, 0.3) is 10.9 Å². The van der Waals surface area contributed by atoms with Crippen LogP contribution in [0.5, 0.6) is 0 Å². The number of carbonyl (C=O) groups excluding carboxylic acids is 2. The van der Waals surface area contributed by atoms with Crippen LogP contribution in [0, 0.1) is 0 Å². The maximum atomic E-state index is 12.3. The lowest BCUT2D eigenvalue weighted by Gasteiger charge is -2.33. The minimum atomic E-state index is -0.522. The molecule has 1 aromatic heterocycles. The predicted molar refractivity (Wildman–Crippen MR) is 95.1 cm³/mol. The molecular weight excluding hydrogens is 302 g/mol. The van der Waals surface area contributed by atoms with Crippen molar-refractivity contribution in [3.8, 4) is 0 Å². The minimum absolute atomic E-state index is 0.438. The smallest absolute Gasteiger partial charge is 0.292 e. The van der Waals surface area contributed by atoms with Crippen molar-refractivity contribution < 1.29 is 9.59 Å². The molecule has 0 saturated carbocycles. The summed E-state index contributed by atoms with van der Waals surface area (Å²) < 4.78 is 0. The Morgan fingerprint density at radius 1 is 1.29 bits per heavy atom. The maximum Gasteiger partial charge on any atom is 0.292 e. The molecule has 0 aliphatic carbocycles. The highest BCUT2D eigenvalue weighted by Crippen LogP contribution is 2.18. The van der Waals surface area contributed by atoms with E-state index in [-0.39, 0.29) is 0 Å². The van der Waals surface area contributed by atoms with Crippen LogP contribution in [0.2, 0.25) is 0 Å². The first kappa shape index (κ1) is 16.7. The number of fused-ring (bicyclic) bond motifs is 1. The Kier molecular flexibility index (Phi) is 5.30. The van der Waals surface area contributed by atoms with Crippen LogP contribution in [0.1, 0.15) is 43.0 Å². The number of H-pyrrole nitrogens is 1. The molecule has 1 aliphatic rings. The summed E-state index contributed by atoms with van der Waals surface area (Å²) in [5.41, 5.74) is 1.31. The first-order valence-corrected chi connectivity index (χ1v) is 8.79. The third kappa shape index (κ3) is 3.67. The molecule has 2 heterocycles. The third-order valence-corrected chi connectivity index (χ3v) is 4.89. The van der Waals surface area contributed by atoms with E-state index in [1.807, 2.05) is 24.3 Å². The highest BCUT2D eigenvalue weighted by molar-refractivity contribution is 6.44. The van der Waals surface area contributed by atoms with Gasteiger partial charge < -0.3 is 15.2 Å². The van der Waals surface area contributed by atoms with Crippen LogP contribution in [-0.4, -0.2) is 47.3 Å². The monoisotopic (exact) mass is 327 g/mol. The number of aromatic nitrogens is 1. The molecule has 5 heteroatoms. The molecule has 0 spiro atoms. The van der Waals surface area contributed by atoms with E-state index < -0.39 is 11.7 Å². The van der Waals surface area contributed by atoms with E-state index in [9.17, 15) is 9.59 Å². The zero-order valence-electron chi connectivity index (χ0n) is 14.2. The number of carbonyl (C=O) groups is 2. The van der Waals surface area contributed by atoms with Gasteiger partial charge in [-0.25, -0.2) is 0 Å². The van der Waals surface area contributed by atoms with Crippen molar-refractivity contribution in [1.82, 2.24) is 15.2 Å². The Morgan fingerprint density at radius 3 is 2.96 bits per heavy atom. The van der Waals surface area contributed by atoms with E-state index in [0.717, 1.165) is 30.4 Å². The van der Waals surface area contributed by atoms with Crippen LogP contribution in [0.15, 0.2) is 30.5 Å². The molecule has 1 fully saturated rings. The summed E-state index contributed by atoms with van der Waals surface area (Å²) >= 11 is 0. The summed E-state index contributed by atoms with van der Waals surface area (Å²) in [4.78, 5) is 29.9. The van der Waals surface area contributed by atoms with E-state index >= 15 is 0 Å². The molecule has 0 unspecified atom stereocenters. The number of para-hydroxylation sites is 1.